The first-order valence-corrected chi connectivity index (χ1v) is 7.75. The maximum Gasteiger partial charge on any atom is 0.123 e. The van der Waals surface area contributed by atoms with Crippen LogP contribution in [-0.2, 0) is 4.74 Å². The van der Waals surface area contributed by atoms with E-state index in [-0.39, 0.29) is 18.0 Å². The number of aryl methyl sites for hydroxylation is 1. The molecule has 0 saturated carbocycles. The predicted octanol–water partition coefficient (Wildman–Crippen LogP) is 4.38. The second-order valence-electron chi connectivity index (χ2n) is 5.22. The molecular formula is C17H28FNO. The lowest BCUT2D eigenvalue weighted by molar-refractivity contribution is 0.0274. The van der Waals surface area contributed by atoms with E-state index in [1.807, 2.05) is 19.9 Å². The molecule has 114 valence electrons. The molecule has 20 heavy (non-hydrogen) atoms. The van der Waals surface area contributed by atoms with Gasteiger partial charge in [0.2, 0.25) is 0 Å². The highest BCUT2D eigenvalue weighted by molar-refractivity contribution is 5.30. The minimum atomic E-state index is -0.177. The molecule has 0 fully saturated rings. The summed E-state index contributed by atoms with van der Waals surface area (Å²) < 4.78 is 19.2. The van der Waals surface area contributed by atoms with Crippen molar-refractivity contribution < 1.29 is 9.13 Å². The van der Waals surface area contributed by atoms with E-state index < -0.39 is 0 Å². The molecule has 0 aliphatic rings. The standard InChI is InChI=1S/C17H28FNO/c1-5-8-16(20-7-3)17(19-11-6-2)15-10-9-14(18)12-13(15)4/h9-10,12,16-17,19H,5-8,11H2,1-4H3. The quantitative estimate of drug-likeness (QED) is 0.725. The van der Waals surface area contributed by atoms with E-state index in [1.54, 1.807) is 6.07 Å². The van der Waals surface area contributed by atoms with Crippen molar-refractivity contribution in [2.45, 2.75) is 59.1 Å². The van der Waals surface area contributed by atoms with E-state index in [0.717, 1.165) is 36.9 Å². The van der Waals surface area contributed by atoms with Gasteiger partial charge in [0.25, 0.3) is 0 Å². The van der Waals surface area contributed by atoms with Gasteiger partial charge in [-0.15, -0.1) is 0 Å². The van der Waals surface area contributed by atoms with Gasteiger partial charge in [-0.1, -0.05) is 26.3 Å². The third-order valence-electron chi connectivity index (χ3n) is 3.51. The molecule has 1 rings (SSSR count). The van der Waals surface area contributed by atoms with Crippen LogP contribution < -0.4 is 5.32 Å². The molecule has 1 aromatic carbocycles. The van der Waals surface area contributed by atoms with Crippen LogP contribution in [0.3, 0.4) is 0 Å². The van der Waals surface area contributed by atoms with E-state index in [2.05, 4.69) is 19.2 Å². The Hall–Kier alpha value is -0.930. The molecule has 0 amide bonds. The molecule has 2 atom stereocenters. The number of hydrogen-bond acceptors (Lipinski definition) is 2. The summed E-state index contributed by atoms with van der Waals surface area (Å²) in [6.07, 6.45) is 3.30. The zero-order chi connectivity index (χ0) is 15.0. The Labute approximate surface area is 122 Å². The molecule has 0 bridgehead atoms. The Bertz CT molecular complexity index is 389. The number of halogens is 1. The molecule has 0 radical (unpaired) electrons. The molecule has 1 N–H and O–H groups in total. The van der Waals surface area contributed by atoms with Crippen molar-refractivity contribution in [1.82, 2.24) is 5.32 Å². The van der Waals surface area contributed by atoms with E-state index >= 15 is 0 Å². The highest BCUT2D eigenvalue weighted by Gasteiger charge is 2.23. The average Bonchev–Trinajstić information content (AvgIpc) is 2.41. The molecule has 0 aliphatic heterocycles. The molecule has 1 aromatic rings. The fraction of sp³-hybridized carbons (Fsp3) is 0.647. The van der Waals surface area contributed by atoms with Crippen LogP contribution in [0, 0.1) is 12.7 Å². The van der Waals surface area contributed by atoms with Gasteiger partial charge in [0, 0.05) is 6.61 Å². The molecule has 0 spiro atoms. The number of hydrogen-bond donors (Lipinski definition) is 1. The maximum absolute atomic E-state index is 13.3. The van der Waals surface area contributed by atoms with Gasteiger partial charge < -0.3 is 10.1 Å². The van der Waals surface area contributed by atoms with Gasteiger partial charge in [-0.25, -0.2) is 4.39 Å². The van der Waals surface area contributed by atoms with Crippen molar-refractivity contribution >= 4 is 0 Å². The topological polar surface area (TPSA) is 21.3 Å². The first-order chi connectivity index (χ1) is 9.63. The van der Waals surface area contributed by atoms with Crippen LogP contribution in [0.25, 0.3) is 0 Å². The van der Waals surface area contributed by atoms with Crippen molar-refractivity contribution in [2.24, 2.45) is 0 Å². The smallest absolute Gasteiger partial charge is 0.123 e. The van der Waals surface area contributed by atoms with Crippen LogP contribution in [0.2, 0.25) is 0 Å². The molecule has 0 heterocycles. The average molecular weight is 281 g/mol. The molecule has 0 saturated heterocycles. The fourth-order valence-electron chi connectivity index (χ4n) is 2.57. The SMILES string of the molecule is CCCNC(c1ccc(F)cc1C)C(CCC)OCC. The van der Waals surface area contributed by atoms with Crippen molar-refractivity contribution in [3.63, 3.8) is 0 Å². The van der Waals surface area contributed by atoms with Crippen LogP contribution in [0.5, 0.6) is 0 Å². The second kappa shape index (κ2) is 9.09. The number of rotatable bonds is 9. The van der Waals surface area contributed by atoms with Gasteiger partial charge >= 0.3 is 0 Å². The number of nitrogens with one attached hydrogen (secondary N) is 1. The van der Waals surface area contributed by atoms with Crippen LogP contribution in [-0.4, -0.2) is 19.3 Å². The normalized spacial score (nSPS) is 14.2. The summed E-state index contributed by atoms with van der Waals surface area (Å²) in [5, 5.41) is 3.57. The molecule has 2 unspecified atom stereocenters. The maximum atomic E-state index is 13.3. The number of ether oxygens (including phenoxy) is 1. The molecule has 2 nitrogen and oxygen atoms in total. The Kier molecular flexibility index (Phi) is 7.78. The Morgan fingerprint density at radius 3 is 2.50 bits per heavy atom. The van der Waals surface area contributed by atoms with Crippen LogP contribution in [0.1, 0.15) is 57.2 Å². The molecule has 3 heteroatoms. The van der Waals surface area contributed by atoms with Crippen molar-refractivity contribution in [2.75, 3.05) is 13.2 Å². The minimum Gasteiger partial charge on any atom is -0.377 e. The Morgan fingerprint density at radius 1 is 1.20 bits per heavy atom. The minimum absolute atomic E-state index is 0.135. The third kappa shape index (κ3) is 4.88. The van der Waals surface area contributed by atoms with E-state index in [1.165, 1.54) is 6.07 Å². The number of benzene rings is 1. The zero-order valence-electron chi connectivity index (χ0n) is 13.2. The van der Waals surface area contributed by atoms with Gasteiger partial charge in [0.1, 0.15) is 5.82 Å². The largest absolute Gasteiger partial charge is 0.377 e. The monoisotopic (exact) mass is 281 g/mol. The molecular weight excluding hydrogens is 253 g/mol. The summed E-state index contributed by atoms with van der Waals surface area (Å²) in [5.74, 6) is -0.177. The first kappa shape index (κ1) is 17.1. The summed E-state index contributed by atoms with van der Waals surface area (Å²) in [4.78, 5) is 0. The molecule has 0 aromatic heterocycles. The summed E-state index contributed by atoms with van der Waals surface area (Å²) in [6.45, 7) is 9.95. The Balaban J connectivity index is 3.01. The van der Waals surface area contributed by atoms with E-state index in [9.17, 15) is 4.39 Å². The highest BCUT2D eigenvalue weighted by atomic mass is 19.1. The van der Waals surface area contributed by atoms with Gasteiger partial charge in [0.15, 0.2) is 0 Å². The van der Waals surface area contributed by atoms with Crippen LogP contribution in [0.4, 0.5) is 4.39 Å². The van der Waals surface area contributed by atoms with Gasteiger partial charge in [-0.05, 0) is 56.5 Å². The first-order valence-electron chi connectivity index (χ1n) is 7.75. The third-order valence-corrected chi connectivity index (χ3v) is 3.51. The van der Waals surface area contributed by atoms with Gasteiger partial charge in [-0.3, -0.25) is 0 Å². The van der Waals surface area contributed by atoms with Gasteiger partial charge in [-0.2, -0.15) is 0 Å². The van der Waals surface area contributed by atoms with Crippen LogP contribution >= 0.6 is 0 Å². The van der Waals surface area contributed by atoms with Crippen molar-refractivity contribution in [3.8, 4) is 0 Å². The summed E-state index contributed by atoms with van der Waals surface area (Å²) in [5.41, 5.74) is 2.13. The van der Waals surface area contributed by atoms with E-state index in [4.69, 9.17) is 4.74 Å². The summed E-state index contributed by atoms with van der Waals surface area (Å²) >= 11 is 0. The van der Waals surface area contributed by atoms with E-state index in [0.29, 0.717) is 6.61 Å². The molecule has 0 aliphatic carbocycles. The summed E-state index contributed by atoms with van der Waals surface area (Å²) in [7, 11) is 0. The lowest BCUT2D eigenvalue weighted by Crippen LogP contribution is -2.35. The van der Waals surface area contributed by atoms with Crippen molar-refractivity contribution in [3.05, 3.63) is 35.1 Å². The van der Waals surface area contributed by atoms with Crippen LogP contribution in [0.15, 0.2) is 18.2 Å². The predicted molar refractivity (Wildman–Crippen MR) is 82.5 cm³/mol. The zero-order valence-corrected chi connectivity index (χ0v) is 13.2. The summed E-state index contributed by atoms with van der Waals surface area (Å²) in [6, 6.07) is 5.16. The lowest BCUT2D eigenvalue weighted by Gasteiger charge is -2.29. The Morgan fingerprint density at radius 2 is 1.95 bits per heavy atom. The van der Waals surface area contributed by atoms with Crippen molar-refractivity contribution in [1.29, 1.82) is 0 Å². The van der Waals surface area contributed by atoms with Gasteiger partial charge in [0.05, 0.1) is 12.1 Å². The second-order valence-corrected chi connectivity index (χ2v) is 5.22. The lowest BCUT2D eigenvalue weighted by atomic mass is 9.94. The highest BCUT2D eigenvalue weighted by Crippen LogP contribution is 2.26. The fourth-order valence-corrected chi connectivity index (χ4v) is 2.57.